The molecule has 3 atom stereocenters. The lowest BCUT2D eigenvalue weighted by Crippen LogP contribution is -2.45. The lowest BCUT2D eigenvalue weighted by atomic mass is 10.0. The van der Waals surface area contributed by atoms with Gasteiger partial charge in [0.15, 0.2) is 0 Å². The Kier molecular flexibility index (Phi) is 31.7. The lowest BCUT2D eigenvalue weighted by molar-refractivity contribution is -0.870. The number of nitrogens with one attached hydrogen (secondary N) is 1. The summed E-state index contributed by atoms with van der Waals surface area (Å²) in [7, 11) is 1.57. The molecule has 0 saturated heterocycles. The van der Waals surface area contributed by atoms with E-state index in [0.717, 1.165) is 38.5 Å². The average molecular weight is 704 g/mol. The number of carbonyl (C=O) groups is 1. The summed E-state index contributed by atoms with van der Waals surface area (Å²) in [4.78, 5) is 22.7. The molecule has 0 aromatic heterocycles. The normalized spacial score (nSPS) is 14.7. The largest absolute Gasteiger partial charge is 0.472 e. The molecule has 3 N–H and O–H groups in total. The number of unbranched alkanes of at least 4 members (excludes halogenated alkanes) is 23. The van der Waals surface area contributed by atoms with Crippen molar-refractivity contribution in [3.63, 3.8) is 0 Å². The third-order valence-corrected chi connectivity index (χ3v) is 9.99. The van der Waals surface area contributed by atoms with E-state index in [1.165, 1.54) is 122 Å². The highest BCUT2D eigenvalue weighted by molar-refractivity contribution is 7.47. The molecule has 0 saturated carbocycles. The molecule has 9 heteroatoms. The van der Waals surface area contributed by atoms with Gasteiger partial charge in [-0.1, -0.05) is 167 Å². The van der Waals surface area contributed by atoms with Crippen molar-refractivity contribution in [3.8, 4) is 0 Å². The van der Waals surface area contributed by atoms with Gasteiger partial charge in [0.2, 0.25) is 5.91 Å². The van der Waals surface area contributed by atoms with Crippen molar-refractivity contribution in [2.24, 2.45) is 0 Å². The standard InChI is InChI=1S/C39H79N2O6P/c1-6-8-10-12-13-14-15-16-17-18-19-20-21-22-23-24-25-26-27-28-29-30-32-38(42)37(40-39(43)33-31-11-9-7-2)36-47-48(44,45)46-35-34-41(3,4)5/h30,32,37-38,42H,6-29,31,33-36H2,1-5H3,(H-,40,43,44,45)/p+1/b32-30+. The van der Waals surface area contributed by atoms with Gasteiger partial charge in [0, 0.05) is 6.42 Å². The number of rotatable bonds is 36. The molecule has 8 nitrogen and oxygen atoms in total. The van der Waals surface area contributed by atoms with Gasteiger partial charge in [0.1, 0.15) is 13.2 Å². The molecule has 0 heterocycles. The molecule has 0 aromatic carbocycles. The molecular formula is C39H80N2O6P+. The fourth-order valence-corrected chi connectivity index (χ4v) is 6.48. The molecule has 0 aromatic rings. The fourth-order valence-electron chi connectivity index (χ4n) is 5.75. The Labute approximate surface area is 297 Å². The summed E-state index contributed by atoms with van der Waals surface area (Å²) >= 11 is 0. The Morgan fingerprint density at radius 3 is 1.54 bits per heavy atom. The summed E-state index contributed by atoms with van der Waals surface area (Å²) in [6, 6.07) is -0.836. The van der Waals surface area contributed by atoms with Gasteiger partial charge in [-0.3, -0.25) is 13.8 Å². The first kappa shape index (κ1) is 47.2. The van der Waals surface area contributed by atoms with E-state index < -0.39 is 20.0 Å². The molecule has 0 fully saturated rings. The molecule has 0 rings (SSSR count). The van der Waals surface area contributed by atoms with E-state index in [2.05, 4.69) is 19.2 Å². The summed E-state index contributed by atoms with van der Waals surface area (Å²) in [5, 5.41) is 13.6. The molecular weight excluding hydrogens is 623 g/mol. The predicted molar refractivity (Wildman–Crippen MR) is 203 cm³/mol. The number of aliphatic hydroxyl groups excluding tert-OH is 1. The van der Waals surface area contributed by atoms with Gasteiger partial charge < -0.3 is 19.8 Å². The number of likely N-dealkylation sites (N-methyl/N-ethyl adjacent to an activating group) is 1. The third-order valence-electron chi connectivity index (χ3n) is 9.01. The van der Waals surface area contributed by atoms with Crippen LogP contribution in [0.15, 0.2) is 12.2 Å². The lowest BCUT2D eigenvalue weighted by Gasteiger charge is -2.25. The number of aliphatic hydroxyl groups is 1. The minimum atomic E-state index is -4.31. The topological polar surface area (TPSA) is 105 Å². The number of hydrogen-bond acceptors (Lipinski definition) is 5. The molecule has 286 valence electrons. The van der Waals surface area contributed by atoms with Gasteiger partial charge in [-0.25, -0.2) is 4.57 Å². The number of hydrogen-bond donors (Lipinski definition) is 3. The molecule has 0 bridgehead atoms. The molecule has 0 aliphatic rings. The Morgan fingerprint density at radius 1 is 0.688 bits per heavy atom. The second-order valence-corrected chi connectivity index (χ2v) is 16.5. The fraction of sp³-hybridized carbons (Fsp3) is 0.923. The van der Waals surface area contributed by atoms with Crippen molar-refractivity contribution in [1.29, 1.82) is 0 Å². The highest BCUT2D eigenvalue weighted by Gasteiger charge is 2.27. The van der Waals surface area contributed by atoms with Crippen LogP contribution in [0, 0.1) is 0 Å². The highest BCUT2D eigenvalue weighted by atomic mass is 31.2. The van der Waals surface area contributed by atoms with Gasteiger partial charge in [0.25, 0.3) is 0 Å². The molecule has 3 unspecified atom stereocenters. The van der Waals surface area contributed by atoms with Crippen LogP contribution in [0.2, 0.25) is 0 Å². The summed E-state index contributed by atoms with van der Waals surface area (Å²) < 4.78 is 23.3. The van der Waals surface area contributed by atoms with Crippen LogP contribution in [-0.4, -0.2) is 73.4 Å². The van der Waals surface area contributed by atoms with Crippen molar-refractivity contribution in [1.82, 2.24) is 5.32 Å². The summed E-state index contributed by atoms with van der Waals surface area (Å²) in [5.74, 6) is -0.194. The number of allylic oxidation sites excluding steroid dienone is 1. The van der Waals surface area contributed by atoms with E-state index in [9.17, 15) is 19.4 Å². The minimum Gasteiger partial charge on any atom is -0.387 e. The molecule has 0 spiro atoms. The van der Waals surface area contributed by atoms with Crippen LogP contribution in [-0.2, 0) is 18.4 Å². The Hall–Kier alpha value is -0.760. The predicted octanol–water partition coefficient (Wildman–Crippen LogP) is 10.4. The summed E-state index contributed by atoms with van der Waals surface area (Å²) in [5.41, 5.74) is 0. The Bertz CT molecular complexity index is 804. The van der Waals surface area contributed by atoms with Crippen LogP contribution in [0.4, 0.5) is 0 Å². The van der Waals surface area contributed by atoms with E-state index >= 15 is 0 Å². The zero-order valence-electron chi connectivity index (χ0n) is 32.2. The molecule has 0 aliphatic heterocycles. The number of quaternary nitrogens is 1. The van der Waals surface area contributed by atoms with Crippen LogP contribution in [0.3, 0.4) is 0 Å². The number of nitrogens with zero attached hydrogens (tertiary/aromatic N) is 1. The average Bonchev–Trinajstić information content (AvgIpc) is 3.03. The maximum atomic E-state index is 12.5. The van der Waals surface area contributed by atoms with E-state index in [0.29, 0.717) is 17.4 Å². The molecule has 0 radical (unpaired) electrons. The first-order valence-electron chi connectivity index (χ1n) is 20.1. The van der Waals surface area contributed by atoms with E-state index in [4.69, 9.17) is 9.05 Å². The highest BCUT2D eigenvalue weighted by Crippen LogP contribution is 2.43. The van der Waals surface area contributed by atoms with Crippen molar-refractivity contribution in [3.05, 3.63) is 12.2 Å². The molecule has 1 amide bonds. The molecule has 0 aliphatic carbocycles. The maximum Gasteiger partial charge on any atom is 0.472 e. The van der Waals surface area contributed by atoms with Crippen molar-refractivity contribution < 1.29 is 32.9 Å². The summed E-state index contributed by atoms with van der Waals surface area (Å²) in [6.07, 6.45) is 34.8. The van der Waals surface area contributed by atoms with Gasteiger partial charge in [0.05, 0.1) is 39.9 Å². The quantitative estimate of drug-likeness (QED) is 0.0260. The van der Waals surface area contributed by atoms with Crippen LogP contribution in [0.5, 0.6) is 0 Å². The van der Waals surface area contributed by atoms with Crippen LogP contribution in [0.1, 0.15) is 181 Å². The first-order chi connectivity index (χ1) is 23.0. The first-order valence-corrected chi connectivity index (χ1v) is 21.6. The van der Waals surface area contributed by atoms with Crippen molar-refractivity contribution >= 4 is 13.7 Å². The van der Waals surface area contributed by atoms with Crippen molar-refractivity contribution in [2.75, 3.05) is 40.9 Å². The van der Waals surface area contributed by atoms with Crippen LogP contribution >= 0.6 is 7.82 Å². The number of amides is 1. The minimum absolute atomic E-state index is 0.0632. The smallest absolute Gasteiger partial charge is 0.387 e. The second-order valence-electron chi connectivity index (χ2n) is 15.0. The Balaban J connectivity index is 4.12. The Morgan fingerprint density at radius 2 is 1.10 bits per heavy atom. The monoisotopic (exact) mass is 704 g/mol. The SMILES string of the molecule is CCCCCCCCCCCCCCCCCCCCCC/C=C/C(O)C(COP(=O)(O)OCC[N+](C)(C)C)NC(=O)CCCCCC. The van der Waals surface area contributed by atoms with E-state index in [1.54, 1.807) is 6.08 Å². The number of phosphoric acid groups is 1. The van der Waals surface area contributed by atoms with Gasteiger partial charge in [-0.15, -0.1) is 0 Å². The van der Waals surface area contributed by atoms with E-state index in [-0.39, 0.29) is 19.1 Å². The van der Waals surface area contributed by atoms with Gasteiger partial charge in [-0.05, 0) is 19.3 Å². The van der Waals surface area contributed by atoms with Gasteiger partial charge >= 0.3 is 7.82 Å². The van der Waals surface area contributed by atoms with Gasteiger partial charge in [-0.2, -0.15) is 0 Å². The molecule has 48 heavy (non-hydrogen) atoms. The zero-order chi connectivity index (χ0) is 35.8. The third kappa shape index (κ3) is 33.7. The number of phosphoric ester groups is 1. The second kappa shape index (κ2) is 32.2. The van der Waals surface area contributed by atoms with Crippen molar-refractivity contribution in [2.45, 2.75) is 193 Å². The number of carbonyl (C=O) groups excluding carboxylic acids is 1. The maximum absolute atomic E-state index is 12.5. The van der Waals surface area contributed by atoms with Crippen LogP contribution < -0.4 is 5.32 Å². The van der Waals surface area contributed by atoms with Crippen LogP contribution in [0.25, 0.3) is 0 Å². The summed E-state index contributed by atoms with van der Waals surface area (Å²) in [6.45, 7) is 4.69. The zero-order valence-corrected chi connectivity index (χ0v) is 33.1. The van der Waals surface area contributed by atoms with E-state index in [1.807, 2.05) is 27.2 Å².